The number of urea groups is 1. The van der Waals surface area contributed by atoms with E-state index in [1.165, 1.54) is 0 Å². The number of hydrogen-bond acceptors (Lipinski definition) is 4. The van der Waals surface area contributed by atoms with Crippen LogP contribution in [0.25, 0.3) is 0 Å². The number of carboxylic acids is 1. The van der Waals surface area contributed by atoms with Gasteiger partial charge in [0.05, 0.1) is 17.9 Å². The summed E-state index contributed by atoms with van der Waals surface area (Å²) < 4.78 is 0.934. The normalized spacial score (nSPS) is 10.2. The Hall–Kier alpha value is -1.68. The number of nitrogens with zero attached hydrogens (tertiary/aromatic N) is 1. The minimum absolute atomic E-state index is 0.189. The maximum Gasteiger partial charge on any atom is 0.347 e. The Morgan fingerprint density at radius 1 is 1.38 bits per heavy atom. The average Bonchev–Trinajstić information content (AvgIpc) is 2.80. The van der Waals surface area contributed by atoms with E-state index in [2.05, 4.69) is 38.2 Å². The molecule has 8 heteroatoms. The Kier molecular flexibility index (Phi) is 5.12. The van der Waals surface area contributed by atoms with Crippen LogP contribution in [0.2, 0.25) is 0 Å². The Balaban J connectivity index is 1.94. The molecule has 2 rings (SSSR count). The maximum atomic E-state index is 11.8. The smallest absolute Gasteiger partial charge is 0.347 e. The van der Waals surface area contributed by atoms with E-state index in [4.69, 9.17) is 5.11 Å². The second-order valence-electron chi connectivity index (χ2n) is 4.11. The van der Waals surface area contributed by atoms with Crippen LogP contribution in [0.1, 0.15) is 20.4 Å². The van der Waals surface area contributed by atoms with Gasteiger partial charge < -0.3 is 15.7 Å². The summed E-state index contributed by atoms with van der Waals surface area (Å²) in [4.78, 5) is 27.0. The van der Waals surface area contributed by atoms with Crippen LogP contribution < -0.4 is 10.6 Å². The number of aryl methyl sites for hydroxylation is 1. The summed E-state index contributed by atoms with van der Waals surface area (Å²) in [6.07, 6.45) is 0. The molecule has 2 amide bonds. The summed E-state index contributed by atoms with van der Waals surface area (Å²) in [7, 11) is 0. The molecule has 110 valence electrons. The summed E-state index contributed by atoms with van der Waals surface area (Å²) >= 11 is 3.19. The number of aromatic nitrogens is 1. The summed E-state index contributed by atoms with van der Waals surface area (Å²) in [6, 6.07) is 7.05. The minimum atomic E-state index is -1.00. The molecule has 0 aliphatic rings. The molecule has 0 spiro atoms. The van der Waals surface area contributed by atoms with E-state index in [-0.39, 0.29) is 17.5 Å². The average molecular weight is 417 g/mol. The molecule has 21 heavy (non-hydrogen) atoms. The number of benzene rings is 1. The van der Waals surface area contributed by atoms with Crippen LogP contribution in [-0.4, -0.2) is 22.1 Å². The highest BCUT2D eigenvalue weighted by molar-refractivity contribution is 14.1. The number of nitrogens with one attached hydrogen (secondary N) is 2. The lowest BCUT2D eigenvalue weighted by atomic mass is 10.3. The van der Waals surface area contributed by atoms with Crippen molar-refractivity contribution in [3.63, 3.8) is 0 Å². The van der Waals surface area contributed by atoms with Crippen LogP contribution in [0.3, 0.4) is 0 Å². The van der Waals surface area contributed by atoms with Gasteiger partial charge in [0.1, 0.15) is 9.88 Å². The van der Waals surface area contributed by atoms with Crippen LogP contribution in [0, 0.1) is 10.5 Å². The van der Waals surface area contributed by atoms with E-state index < -0.39 is 5.97 Å². The first-order chi connectivity index (χ1) is 9.97. The zero-order valence-electron chi connectivity index (χ0n) is 11.0. The summed E-state index contributed by atoms with van der Waals surface area (Å²) in [6.45, 7) is 1.82. The third kappa shape index (κ3) is 4.14. The zero-order chi connectivity index (χ0) is 15.4. The Morgan fingerprint density at radius 3 is 2.71 bits per heavy atom. The van der Waals surface area contributed by atoms with Gasteiger partial charge in [-0.3, -0.25) is 0 Å². The molecule has 0 aliphatic carbocycles. The fraction of sp³-hybridized carbons (Fsp3) is 0.154. The molecular formula is C13H12IN3O3S. The molecule has 0 atom stereocenters. The number of thiazole rings is 1. The molecule has 0 saturated heterocycles. The van der Waals surface area contributed by atoms with Crippen LogP contribution in [0.15, 0.2) is 24.3 Å². The van der Waals surface area contributed by atoms with Gasteiger partial charge in [-0.1, -0.05) is 12.1 Å². The van der Waals surface area contributed by atoms with Crippen LogP contribution in [0.5, 0.6) is 0 Å². The van der Waals surface area contributed by atoms with Crippen molar-refractivity contribution in [3.05, 3.63) is 43.4 Å². The molecule has 0 saturated carbocycles. The first kappa shape index (κ1) is 15.7. The lowest BCUT2D eigenvalue weighted by molar-refractivity contribution is 0.0701. The van der Waals surface area contributed by atoms with E-state index in [0.717, 1.165) is 20.6 Å². The molecule has 0 fully saturated rings. The van der Waals surface area contributed by atoms with Gasteiger partial charge in [0.25, 0.3) is 0 Å². The number of carboxylic acid groups (broad SMARTS) is 1. The van der Waals surface area contributed by atoms with Crippen molar-refractivity contribution in [2.24, 2.45) is 0 Å². The third-order valence-corrected chi connectivity index (χ3v) is 4.64. The second kappa shape index (κ2) is 6.85. The fourth-order valence-electron chi connectivity index (χ4n) is 1.61. The van der Waals surface area contributed by atoms with Gasteiger partial charge in [0.2, 0.25) is 0 Å². The molecule has 2 aromatic rings. The number of halogens is 1. The van der Waals surface area contributed by atoms with E-state index in [0.29, 0.717) is 10.7 Å². The summed E-state index contributed by atoms with van der Waals surface area (Å²) in [5.41, 5.74) is 1.18. The number of aromatic carboxylic acids is 1. The van der Waals surface area contributed by atoms with Crippen molar-refractivity contribution >= 4 is 51.6 Å². The van der Waals surface area contributed by atoms with Gasteiger partial charge in [-0.25, -0.2) is 14.6 Å². The first-order valence-corrected chi connectivity index (χ1v) is 7.86. The molecule has 0 radical (unpaired) electrons. The van der Waals surface area contributed by atoms with Gasteiger partial charge in [-0.05, 0) is 41.6 Å². The molecule has 0 aliphatic heterocycles. The second-order valence-corrected chi connectivity index (χ2v) is 6.36. The van der Waals surface area contributed by atoms with E-state index in [1.807, 2.05) is 18.2 Å². The molecular weight excluding hydrogens is 405 g/mol. The van der Waals surface area contributed by atoms with E-state index in [9.17, 15) is 9.59 Å². The van der Waals surface area contributed by atoms with Crippen LogP contribution in [0.4, 0.5) is 10.5 Å². The fourth-order valence-corrected chi connectivity index (χ4v) is 2.98. The van der Waals surface area contributed by atoms with Crippen molar-refractivity contribution in [1.29, 1.82) is 0 Å². The largest absolute Gasteiger partial charge is 0.477 e. The number of rotatable bonds is 4. The van der Waals surface area contributed by atoms with E-state index >= 15 is 0 Å². The molecule has 1 aromatic carbocycles. The number of anilines is 1. The van der Waals surface area contributed by atoms with E-state index in [1.54, 1.807) is 13.0 Å². The highest BCUT2D eigenvalue weighted by Gasteiger charge is 2.14. The highest BCUT2D eigenvalue weighted by atomic mass is 127. The maximum absolute atomic E-state index is 11.8. The van der Waals surface area contributed by atoms with Crippen molar-refractivity contribution in [2.75, 3.05) is 5.32 Å². The summed E-state index contributed by atoms with van der Waals surface area (Å²) in [5.74, 6) is -1.00. The van der Waals surface area contributed by atoms with Gasteiger partial charge in [-0.2, -0.15) is 0 Å². The number of hydrogen-bond donors (Lipinski definition) is 3. The zero-order valence-corrected chi connectivity index (χ0v) is 14.0. The van der Waals surface area contributed by atoms with Crippen LogP contribution in [-0.2, 0) is 6.54 Å². The van der Waals surface area contributed by atoms with Crippen LogP contribution >= 0.6 is 33.9 Å². The standard InChI is InChI=1S/C13H12IN3O3S/c1-7-11(12(18)19)21-10(16-7)6-15-13(20)17-9-5-3-2-4-8(9)14/h2-5H,6H2,1H3,(H,18,19)(H2,15,17,20). The quantitative estimate of drug-likeness (QED) is 0.667. The van der Waals surface area contributed by atoms with Gasteiger partial charge in [0.15, 0.2) is 0 Å². The predicted molar refractivity (Wildman–Crippen MR) is 88.8 cm³/mol. The summed E-state index contributed by atoms with van der Waals surface area (Å²) in [5, 5.41) is 14.9. The lowest BCUT2D eigenvalue weighted by Crippen LogP contribution is -2.28. The topological polar surface area (TPSA) is 91.3 Å². The molecule has 0 bridgehead atoms. The molecule has 1 aromatic heterocycles. The molecule has 1 heterocycles. The number of amides is 2. The third-order valence-electron chi connectivity index (χ3n) is 2.56. The first-order valence-electron chi connectivity index (χ1n) is 5.96. The van der Waals surface area contributed by atoms with Gasteiger partial charge >= 0.3 is 12.0 Å². The Labute approximate surface area is 138 Å². The van der Waals surface area contributed by atoms with Crippen molar-refractivity contribution < 1.29 is 14.7 Å². The SMILES string of the molecule is Cc1nc(CNC(=O)Nc2ccccc2I)sc1C(=O)O. The number of para-hydroxylation sites is 1. The molecule has 0 unspecified atom stereocenters. The predicted octanol–water partition coefficient (Wildman–Crippen LogP) is 3.08. The minimum Gasteiger partial charge on any atom is -0.477 e. The number of carbonyl (C=O) groups is 2. The number of carbonyl (C=O) groups excluding carboxylic acids is 1. The Morgan fingerprint density at radius 2 is 2.10 bits per heavy atom. The van der Waals surface area contributed by atoms with Crippen molar-refractivity contribution in [3.8, 4) is 0 Å². The van der Waals surface area contributed by atoms with Crippen molar-refractivity contribution in [2.45, 2.75) is 13.5 Å². The lowest BCUT2D eigenvalue weighted by Gasteiger charge is -2.07. The Bertz CT molecular complexity index is 687. The van der Waals surface area contributed by atoms with Gasteiger partial charge in [-0.15, -0.1) is 11.3 Å². The molecule has 6 nitrogen and oxygen atoms in total. The monoisotopic (exact) mass is 417 g/mol. The highest BCUT2D eigenvalue weighted by Crippen LogP contribution is 2.18. The van der Waals surface area contributed by atoms with Gasteiger partial charge in [0, 0.05) is 3.57 Å². The van der Waals surface area contributed by atoms with Crippen molar-refractivity contribution in [1.82, 2.24) is 10.3 Å². The molecule has 3 N–H and O–H groups in total.